The van der Waals surface area contributed by atoms with Crippen LogP contribution in [0, 0.1) is 0 Å². The van der Waals surface area contributed by atoms with Crippen molar-refractivity contribution in [2.45, 2.75) is 6.04 Å². The van der Waals surface area contributed by atoms with Crippen molar-refractivity contribution >= 4 is 34.9 Å². The van der Waals surface area contributed by atoms with Crippen LogP contribution >= 0.6 is 23.2 Å². The van der Waals surface area contributed by atoms with E-state index in [0.717, 1.165) is 12.3 Å². The molecule has 1 saturated heterocycles. The Balaban J connectivity index is 1.60. The second kappa shape index (κ2) is 8.43. The normalized spacial score (nSPS) is 17.2. The average Bonchev–Trinajstić information content (AvgIpc) is 2.63. The van der Waals surface area contributed by atoms with Gasteiger partial charge >= 0.3 is 6.03 Å². The van der Waals surface area contributed by atoms with E-state index in [4.69, 9.17) is 27.9 Å². The van der Waals surface area contributed by atoms with E-state index in [2.05, 4.69) is 10.6 Å². The monoisotopic (exact) mass is 379 g/mol. The smallest absolute Gasteiger partial charge is 0.322 e. The molecule has 1 atom stereocenters. The minimum absolute atomic E-state index is 0.0586. The SMILES string of the molecule is O=C(Nc1ccc(Cl)cc1)N1CCNCC1COc1ccc(Cl)cc1. The lowest BCUT2D eigenvalue weighted by atomic mass is 10.2. The number of urea groups is 1. The Morgan fingerprint density at radius 3 is 2.44 bits per heavy atom. The van der Waals surface area contributed by atoms with Crippen LogP contribution in [-0.4, -0.2) is 43.2 Å². The molecule has 1 unspecified atom stereocenters. The highest BCUT2D eigenvalue weighted by Crippen LogP contribution is 2.18. The van der Waals surface area contributed by atoms with E-state index in [1.807, 2.05) is 12.1 Å². The van der Waals surface area contributed by atoms with Crippen LogP contribution in [0.5, 0.6) is 5.75 Å². The summed E-state index contributed by atoms with van der Waals surface area (Å²) in [5, 5.41) is 7.49. The highest BCUT2D eigenvalue weighted by atomic mass is 35.5. The van der Waals surface area contributed by atoms with Crippen molar-refractivity contribution in [2.24, 2.45) is 0 Å². The number of piperazine rings is 1. The van der Waals surface area contributed by atoms with Gasteiger partial charge in [0.25, 0.3) is 0 Å². The van der Waals surface area contributed by atoms with Crippen LogP contribution in [0.2, 0.25) is 10.0 Å². The highest BCUT2D eigenvalue weighted by molar-refractivity contribution is 6.30. The van der Waals surface area contributed by atoms with Gasteiger partial charge in [-0.2, -0.15) is 0 Å². The Morgan fingerprint density at radius 1 is 1.12 bits per heavy atom. The Bertz CT molecular complexity index is 707. The Morgan fingerprint density at radius 2 is 1.76 bits per heavy atom. The fraction of sp³-hybridized carbons (Fsp3) is 0.278. The van der Waals surface area contributed by atoms with E-state index in [-0.39, 0.29) is 12.1 Å². The summed E-state index contributed by atoms with van der Waals surface area (Å²) in [4.78, 5) is 14.4. The second-order valence-corrected chi connectivity index (χ2v) is 6.63. The number of anilines is 1. The fourth-order valence-corrected chi connectivity index (χ4v) is 2.88. The molecule has 1 heterocycles. The number of amides is 2. The standard InChI is InChI=1S/C18H19Cl2N3O2/c19-13-1-5-15(6-2-13)22-18(24)23-10-9-21-11-16(23)12-25-17-7-3-14(20)4-8-17/h1-8,16,21H,9-12H2,(H,22,24). The lowest BCUT2D eigenvalue weighted by molar-refractivity contribution is 0.133. The van der Waals surface area contributed by atoms with Gasteiger partial charge in [-0.1, -0.05) is 23.2 Å². The molecular formula is C18H19Cl2N3O2. The quantitative estimate of drug-likeness (QED) is 0.847. The maximum absolute atomic E-state index is 12.6. The number of benzene rings is 2. The van der Waals surface area contributed by atoms with E-state index in [1.165, 1.54) is 0 Å². The third kappa shape index (κ3) is 5.01. The first-order valence-corrected chi connectivity index (χ1v) is 8.80. The van der Waals surface area contributed by atoms with Crippen molar-refractivity contribution in [2.75, 3.05) is 31.6 Å². The van der Waals surface area contributed by atoms with Gasteiger partial charge in [0, 0.05) is 35.4 Å². The number of rotatable bonds is 4. The molecule has 1 aliphatic heterocycles. The van der Waals surface area contributed by atoms with E-state index >= 15 is 0 Å². The predicted octanol–water partition coefficient (Wildman–Crippen LogP) is 3.88. The molecule has 3 rings (SSSR count). The number of ether oxygens (including phenoxy) is 1. The average molecular weight is 380 g/mol. The zero-order valence-corrected chi connectivity index (χ0v) is 15.1. The third-order valence-electron chi connectivity index (χ3n) is 3.96. The van der Waals surface area contributed by atoms with Crippen LogP contribution in [0.25, 0.3) is 0 Å². The zero-order chi connectivity index (χ0) is 17.6. The summed E-state index contributed by atoms with van der Waals surface area (Å²) < 4.78 is 5.81. The van der Waals surface area contributed by atoms with Crippen LogP contribution < -0.4 is 15.4 Å². The molecule has 1 fully saturated rings. The molecule has 25 heavy (non-hydrogen) atoms. The molecule has 2 aromatic carbocycles. The summed E-state index contributed by atoms with van der Waals surface area (Å²) >= 11 is 11.8. The van der Waals surface area contributed by atoms with Crippen LogP contribution in [-0.2, 0) is 0 Å². The van der Waals surface area contributed by atoms with Gasteiger partial charge in [0.15, 0.2) is 0 Å². The first-order chi connectivity index (χ1) is 12.1. The van der Waals surface area contributed by atoms with Gasteiger partial charge in [0.1, 0.15) is 12.4 Å². The fourth-order valence-electron chi connectivity index (χ4n) is 2.63. The van der Waals surface area contributed by atoms with Gasteiger partial charge in [-0.3, -0.25) is 0 Å². The van der Waals surface area contributed by atoms with Gasteiger partial charge in [-0.05, 0) is 48.5 Å². The van der Waals surface area contributed by atoms with Crippen molar-refractivity contribution in [1.82, 2.24) is 10.2 Å². The van der Waals surface area contributed by atoms with E-state index in [1.54, 1.807) is 41.3 Å². The number of hydrogen-bond acceptors (Lipinski definition) is 3. The molecular weight excluding hydrogens is 361 g/mol. The van der Waals surface area contributed by atoms with Gasteiger partial charge in [-0.15, -0.1) is 0 Å². The number of halogens is 2. The molecule has 2 aromatic rings. The third-order valence-corrected chi connectivity index (χ3v) is 4.47. The maximum atomic E-state index is 12.6. The molecule has 0 radical (unpaired) electrons. The van der Waals surface area contributed by atoms with Crippen LogP contribution in [0.15, 0.2) is 48.5 Å². The number of nitrogens with zero attached hydrogens (tertiary/aromatic N) is 1. The van der Waals surface area contributed by atoms with Crippen LogP contribution in [0.1, 0.15) is 0 Å². The van der Waals surface area contributed by atoms with Crippen molar-refractivity contribution in [3.05, 3.63) is 58.6 Å². The summed E-state index contributed by atoms with van der Waals surface area (Å²) in [6.07, 6.45) is 0. The molecule has 0 saturated carbocycles. The van der Waals surface area contributed by atoms with Gasteiger partial charge in [0.2, 0.25) is 0 Å². The summed E-state index contributed by atoms with van der Waals surface area (Å²) in [5.74, 6) is 0.730. The molecule has 2 amide bonds. The van der Waals surface area contributed by atoms with Crippen molar-refractivity contribution < 1.29 is 9.53 Å². The minimum atomic E-state index is -0.145. The molecule has 0 aliphatic carbocycles. The van der Waals surface area contributed by atoms with Crippen LogP contribution in [0.4, 0.5) is 10.5 Å². The van der Waals surface area contributed by atoms with E-state index in [0.29, 0.717) is 35.4 Å². The maximum Gasteiger partial charge on any atom is 0.322 e. The lowest BCUT2D eigenvalue weighted by Crippen LogP contribution is -2.57. The first-order valence-electron chi connectivity index (χ1n) is 8.04. The van der Waals surface area contributed by atoms with Crippen molar-refractivity contribution in [1.29, 1.82) is 0 Å². The zero-order valence-electron chi connectivity index (χ0n) is 13.5. The van der Waals surface area contributed by atoms with Gasteiger partial charge in [0.05, 0.1) is 6.04 Å². The molecule has 2 N–H and O–H groups in total. The van der Waals surface area contributed by atoms with E-state index < -0.39 is 0 Å². The summed E-state index contributed by atoms with van der Waals surface area (Å²) in [7, 11) is 0. The molecule has 132 valence electrons. The highest BCUT2D eigenvalue weighted by Gasteiger charge is 2.27. The molecule has 0 aromatic heterocycles. The van der Waals surface area contributed by atoms with E-state index in [9.17, 15) is 4.79 Å². The summed E-state index contributed by atoms with van der Waals surface area (Å²) in [6, 6.07) is 14.0. The second-order valence-electron chi connectivity index (χ2n) is 5.75. The Hall–Kier alpha value is -1.95. The largest absolute Gasteiger partial charge is 0.491 e. The first kappa shape index (κ1) is 17.9. The summed E-state index contributed by atoms with van der Waals surface area (Å²) in [5.41, 5.74) is 0.713. The van der Waals surface area contributed by atoms with Crippen molar-refractivity contribution in [3.63, 3.8) is 0 Å². The number of hydrogen-bond donors (Lipinski definition) is 2. The van der Waals surface area contributed by atoms with Crippen molar-refractivity contribution in [3.8, 4) is 5.75 Å². The number of carbonyl (C=O) groups excluding carboxylic acids is 1. The minimum Gasteiger partial charge on any atom is -0.491 e. The molecule has 0 spiro atoms. The van der Waals surface area contributed by atoms with Gasteiger partial charge < -0.3 is 20.3 Å². The van der Waals surface area contributed by atoms with Gasteiger partial charge in [-0.25, -0.2) is 4.79 Å². The Labute approximate surface area is 156 Å². The number of nitrogens with one attached hydrogen (secondary N) is 2. The molecule has 1 aliphatic rings. The lowest BCUT2D eigenvalue weighted by Gasteiger charge is -2.36. The van der Waals surface area contributed by atoms with Crippen LogP contribution in [0.3, 0.4) is 0 Å². The molecule has 7 heteroatoms. The Kier molecular flexibility index (Phi) is 6.02. The predicted molar refractivity (Wildman–Crippen MR) is 101 cm³/mol. The topological polar surface area (TPSA) is 53.6 Å². The molecule has 5 nitrogen and oxygen atoms in total. The number of carbonyl (C=O) groups is 1. The summed E-state index contributed by atoms with van der Waals surface area (Å²) in [6.45, 7) is 2.46. The molecule has 0 bridgehead atoms.